The van der Waals surface area contributed by atoms with Crippen molar-refractivity contribution in [1.29, 1.82) is 0 Å². The lowest BCUT2D eigenvalue weighted by Crippen LogP contribution is -2.48. The van der Waals surface area contributed by atoms with Crippen molar-refractivity contribution in [3.63, 3.8) is 0 Å². The maximum atomic E-state index is 13.2. The topological polar surface area (TPSA) is 105 Å². The van der Waals surface area contributed by atoms with Gasteiger partial charge in [-0.3, -0.25) is 9.59 Å². The number of morpholine rings is 1. The molecule has 1 atom stereocenters. The van der Waals surface area contributed by atoms with Crippen molar-refractivity contribution in [3.8, 4) is 5.75 Å². The number of likely N-dealkylation sites (N-methyl/N-ethyl adjacent to an activating group) is 1. The van der Waals surface area contributed by atoms with E-state index in [1.807, 2.05) is 0 Å². The Morgan fingerprint density at radius 1 is 1.12 bits per heavy atom. The second-order valence-corrected chi connectivity index (χ2v) is 9.65. The second kappa shape index (κ2) is 11.4. The largest absolute Gasteiger partial charge is 0.484 e. The summed E-state index contributed by atoms with van der Waals surface area (Å²) in [5, 5.41) is 2.51. The fourth-order valence-electron chi connectivity index (χ4n) is 3.45. The Bertz CT molecular complexity index is 1090. The van der Waals surface area contributed by atoms with Crippen molar-refractivity contribution in [2.45, 2.75) is 24.4 Å². The highest BCUT2D eigenvalue weighted by Crippen LogP contribution is 2.21. The zero-order valence-electron chi connectivity index (χ0n) is 19.1. The van der Waals surface area contributed by atoms with Crippen molar-refractivity contribution < 1.29 is 31.9 Å². The molecule has 2 amide bonds. The maximum Gasteiger partial charge on any atom is 0.261 e. The van der Waals surface area contributed by atoms with Gasteiger partial charge in [-0.1, -0.05) is 12.1 Å². The lowest BCUT2D eigenvalue weighted by molar-refractivity contribution is -0.142. The van der Waals surface area contributed by atoms with Crippen molar-refractivity contribution in [2.75, 3.05) is 40.0 Å². The van der Waals surface area contributed by atoms with E-state index < -0.39 is 27.8 Å². The first kappa shape index (κ1) is 25.6. The fraction of sp³-hybridized carbons (Fsp3) is 0.391. The summed E-state index contributed by atoms with van der Waals surface area (Å²) in [6, 6.07) is 10.7. The highest BCUT2D eigenvalue weighted by molar-refractivity contribution is 7.89. The summed E-state index contributed by atoms with van der Waals surface area (Å²) in [7, 11) is -2.16. The summed E-state index contributed by atoms with van der Waals surface area (Å²) in [4.78, 5) is 26.5. The van der Waals surface area contributed by atoms with Gasteiger partial charge < -0.3 is 19.7 Å². The molecule has 1 unspecified atom stereocenters. The number of hydrogen-bond acceptors (Lipinski definition) is 6. The van der Waals surface area contributed by atoms with E-state index in [0.717, 1.165) is 0 Å². The molecule has 1 heterocycles. The predicted octanol–water partition coefficient (Wildman–Crippen LogP) is 1.39. The smallest absolute Gasteiger partial charge is 0.261 e. The quantitative estimate of drug-likeness (QED) is 0.566. The second-order valence-electron chi connectivity index (χ2n) is 7.71. The molecule has 2 aromatic carbocycles. The molecule has 3 rings (SSSR count). The van der Waals surface area contributed by atoms with Gasteiger partial charge in [0.05, 0.1) is 18.1 Å². The zero-order chi connectivity index (χ0) is 24.7. The van der Waals surface area contributed by atoms with Crippen LogP contribution in [0, 0.1) is 5.82 Å². The number of halogens is 1. The Kier molecular flexibility index (Phi) is 8.59. The summed E-state index contributed by atoms with van der Waals surface area (Å²) in [5.74, 6) is -0.898. The average Bonchev–Trinajstić information content (AvgIpc) is 2.86. The van der Waals surface area contributed by atoms with Gasteiger partial charge in [-0.15, -0.1) is 0 Å². The molecule has 1 fully saturated rings. The van der Waals surface area contributed by atoms with Crippen LogP contribution in [0.25, 0.3) is 0 Å². The number of ether oxygens (including phenoxy) is 2. The molecule has 0 aliphatic carbocycles. The molecule has 0 saturated carbocycles. The first-order valence-corrected chi connectivity index (χ1v) is 12.2. The number of hydrogen-bond donors (Lipinski definition) is 1. The minimum Gasteiger partial charge on any atom is -0.484 e. The first-order chi connectivity index (χ1) is 16.2. The SMILES string of the molecule is CNC(=O)C(C)N(Cc1ccc(F)cc1)C(=O)COc1ccc(S(=O)(=O)N2CCOCC2)cc1. The molecule has 9 nitrogen and oxygen atoms in total. The highest BCUT2D eigenvalue weighted by Gasteiger charge is 2.27. The average molecular weight is 494 g/mol. The number of nitrogens with one attached hydrogen (secondary N) is 1. The van der Waals surface area contributed by atoms with E-state index in [-0.39, 0.29) is 24.0 Å². The van der Waals surface area contributed by atoms with Crippen LogP contribution in [0.3, 0.4) is 0 Å². The number of amides is 2. The summed E-state index contributed by atoms with van der Waals surface area (Å²) >= 11 is 0. The van der Waals surface area contributed by atoms with Gasteiger partial charge in [-0.05, 0) is 48.9 Å². The molecule has 0 bridgehead atoms. The van der Waals surface area contributed by atoms with E-state index in [1.165, 1.54) is 52.7 Å². The minimum atomic E-state index is -3.63. The molecular formula is C23H28FN3O6S. The predicted molar refractivity (Wildman–Crippen MR) is 122 cm³/mol. The van der Waals surface area contributed by atoms with Crippen LogP contribution in [0.1, 0.15) is 12.5 Å². The highest BCUT2D eigenvalue weighted by atomic mass is 32.2. The molecule has 1 aliphatic heterocycles. The Hall–Kier alpha value is -3.02. The lowest BCUT2D eigenvalue weighted by Gasteiger charge is -2.28. The molecular weight excluding hydrogens is 465 g/mol. The summed E-state index contributed by atoms with van der Waals surface area (Å²) < 4.78 is 50.8. The van der Waals surface area contributed by atoms with Gasteiger partial charge in [0.15, 0.2) is 6.61 Å². The summed E-state index contributed by atoms with van der Waals surface area (Å²) in [5.41, 5.74) is 0.656. The van der Waals surface area contributed by atoms with Crippen LogP contribution in [0.4, 0.5) is 4.39 Å². The van der Waals surface area contributed by atoms with Gasteiger partial charge in [-0.2, -0.15) is 4.31 Å². The van der Waals surface area contributed by atoms with E-state index in [0.29, 0.717) is 37.6 Å². The van der Waals surface area contributed by atoms with E-state index in [1.54, 1.807) is 19.1 Å². The number of carbonyl (C=O) groups excluding carboxylic acids is 2. The first-order valence-electron chi connectivity index (χ1n) is 10.8. The number of rotatable bonds is 9. The van der Waals surface area contributed by atoms with Crippen LogP contribution < -0.4 is 10.1 Å². The van der Waals surface area contributed by atoms with Gasteiger partial charge in [0.1, 0.15) is 17.6 Å². The minimum absolute atomic E-state index is 0.0911. The third kappa shape index (κ3) is 6.31. The van der Waals surface area contributed by atoms with E-state index in [4.69, 9.17) is 9.47 Å². The maximum absolute atomic E-state index is 13.2. The molecule has 184 valence electrons. The van der Waals surface area contributed by atoms with E-state index in [9.17, 15) is 22.4 Å². The van der Waals surface area contributed by atoms with Crippen LogP contribution in [0.2, 0.25) is 0 Å². The van der Waals surface area contributed by atoms with Gasteiger partial charge in [-0.25, -0.2) is 12.8 Å². The molecule has 11 heteroatoms. The molecule has 34 heavy (non-hydrogen) atoms. The van der Waals surface area contributed by atoms with Crippen molar-refractivity contribution in [1.82, 2.24) is 14.5 Å². The monoisotopic (exact) mass is 493 g/mol. The third-order valence-electron chi connectivity index (χ3n) is 5.47. The lowest BCUT2D eigenvalue weighted by atomic mass is 10.1. The molecule has 0 spiro atoms. The normalized spacial score (nSPS) is 15.4. The molecule has 1 aliphatic rings. The molecule has 1 saturated heterocycles. The fourth-order valence-corrected chi connectivity index (χ4v) is 4.86. The van der Waals surface area contributed by atoms with E-state index in [2.05, 4.69) is 5.32 Å². The number of nitrogens with zero attached hydrogens (tertiary/aromatic N) is 2. The van der Waals surface area contributed by atoms with Crippen LogP contribution in [0.15, 0.2) is 53.4 Å². The number of benzene rings is 2. The zero-order valence-corrected chi connectivity index (χ0v) is 19.9. The van der Waals surface area contributed by atoms with Crippen LogP contribution in [0.5, 0.6) is 5.75 Å². The Morgan fingerprint density at radius 3 is 2.32 bits per heavy atom. The molecule has 0 aromatic heterocycles. The van der Waals surface area contributed by atoms with Crippen LogP contribution in [-0.2, 0) is 30.9 Å². The summed E-state index contributed by atoms with van der Waals surface area (Å²) in [6.07, 6.45) is 0. The van der Waals surface area contributed by atoms with Crippen LogP contribution in [-0.4, -0.2) is 75.4 Å². The third-order valence-corrected chi connectivity index (χ3v) is 7.39. The molecule has 2 aromatic rings. The Balaban J connectivity index is 1.67. The van der Waals surface area contributed by atoms with Crippen molar-refractivity contribution in [2.24, 2.45) is 0 Å². The van der Waals surface area contributed by atoms with E-state index >= 15 is 0 Å². The number of carbonyl (C=O) groups is 2. The number of sulfonamides is 1. The van der Waals surface area contributed by atoms with Crippen molar-refractivity contribution in [3.05, 3.63) is 59.9 Å². The van der Waals surface area contributed by atoms with Gasteiger partial charge >= 0.3 is 0 Å². The standard InChI is InChI=1S/C23H28FN3O6S/c1-17(23(29)25-2)27(15-18-3-5-19(24)6-4-18)22(28)16-33-20-7-9-21(10-8-20)34(30,31)26-11-13-32-14-12-26/h3-10,17H,11-16H2,1-2H3,(H,25,29). The Labute approximate surface area is 198 Å². The van der Waals surface area contributed by atoms with Gasteiger partial charge in [0.2, 0.25) is 15.9 Å². The summed E-state index contributed by atoms with van der Waals surface area (Å²) in [6.45, 7) is 2.61. The molecule has 1 N–H and O–H groups in total. The van der Waals surface area contributed by atoms with Gasteiger partial charge in [0, 0.05) is 26.7 Å². The Morgan fingerprint density at radius 2 is 1.74 bits per heavy atom. The van der Waals surface area contributed by atoms with Gasteiger partial charge in [0.25, 0.3) is 5.91 Å². The van der Waals surface area contributed by atoms with Crippen LogP contribution >= 0.6 is 0 Å². The van der Waals surface area contributed by atoms with Crippen molar-refractivity contribution >= 4 is 21.8 Å². The molecule has 0 radical (unpaired) electrons.